The first-order valence-electron chi connectivity index (χ1n) is 11.1. The first kappa shape index (κ1) is 22.7. The van der Waals surface area contributed by atoms with Crippen molar-refractivity contribution in [2.24, 2.45) is 5.92 Å². The van der Waals surface area contributed by atoms with Crippen LogP contribution in [0, 0.1) is 26.7 Å². The number of carbonyl (C=O) groups excluding carboxylic acids is 1. The predicted molar refractivity (Wildman–Crippen MR) is 125 cm³/mol. The molecule has 3 aromatic rings. The van der Waals surface area contributed by atoms with Crippen LogP contribution in [0.3, 0.4) is 0 Å². The quantitative estimate of drug-likeness (QED) is 0.490. The normalized spacial score (nSPS) is 11.2. The molecule has 2 heterocycles. The highest BCUT2D eigenvalue weighted by Gasteiger charge is 2.19. The van der Waals surface area contributed by atoms with E-state index in [0.717, 1.165) is 17.8 Å². The van der Waals surface area contributed by atoms with Gasteiger partial charge in [0.25, 0.3) is 0 Å². The Bertz CT molecular complexity index is 1010. The summed E-state index contributed by atoms with van der Waals surface area (Å²) in [6.07, 6.45) is 4.78. The van der Waals surface area contributed by atoms with E-state index in [1.54, 1.807) is 6.20 Å². The lowest BCUT2D eigenvalue weighted by Gasteiger charge is -2.24. The minimum absolute atomic E-state index is 0.155. The second kappa shape index (κ2) is 10.4. The summed E-state index contributed by atoms with van der Waals surface area (Å²) in [7, 11) is 0. The van der Waals surface area contributed by atoms with Gasteiger partial charge in [-0.1, -0.05) is 44.2 Å². The van der Waals surface area contributed by atoms with E-state index in [4.69, 9.17) is 5.10 Å². The van der Waals surface area contributed by atoms with Crippen molar-refractivity contribution >= 4 is 5.91 Å². The van der Waals surface area contributed by atoms with E-state index in [9.17, 15) is 4.79 Å². The molecule has 31 heavy (non-hydrogen) atoms. The van der Waals surface area contributed by atoms with Crippen molar-refractivity contribution in [2.75, 3.05) is 0 Å². The van der Waals surface area contributed by atoms with Gasteiger partial charge in [0.15, 0.2) is 0 Å². The van der Waals surface area contributed by atoms with Gasteiger partial charge in [-0.25, -0.2) is 0 Å². The zero-order chi connectivity index (χ0) is 22.4. The van der Waals surface area contributed by atoms with Crippen LogP contribution in [0.2, 0.25) is 0 Å². The van der Waals surface area contributed by atoms with Gasteiger partial charge in [0.2, 0.25) is 5.91 Å². The van der Waals surface area contributed by atoms with E-state index < -0.39 is 0 Å². The zero-order valence-electron chi connectivity index (χ0n) is 19.4. The number of pyridine rings is 1. The Labute approximate surface area is 186 Å². The molecule has 1 amide bonds. The van der Waals surface area contributed by atoms with Crippen LogP contribution in [0.15, 0.2) is 48.8 Å². The van der Waals surface area contributed by atoms with Crippen LogP contribution in [0.4, 0.5) is 0 Å². The molecule has 0 fully saturated rings. The van der Waals surface area contributed by atoms with Crippen LogP contribution in [-0.2, 0) is 30.8 Å². The summed E-state index contributed by atoms with van der Waals surface area (Å²) in [5, 5.41) is 4.70. The molecule has 164 valence electrons. The summed E-state index contributed by atoms with van der Waals surface area (Å²) >= 11 is 0. The molecule has 5 nitrogen and oxygen atoms in total. The second-order valence-corrected chi connectivity index (χ2v) is 8.76. The first-order valence-corrected chi connectivity index (χ1v) is 11.1. The number of rotatable bonds is 9. The molecule has 0 unspecified atom stereocenters. The fraction of sp³-hybridized carbons (Fsp3) is 0.423. The summed E-state index contributed by atoms with van der Waals surface area (Å²) in [6, 6.07) is 12.2. The lowest BCUT2D eigenvalue weighted by Crippen LogP contribution is -2.30. The Morgan fingerprint density at radius 1 is 1.06 bits per heavy atom. The molecule has 0 bridgehead atoms. The zero-order valence-corrected chi connectivity index (χ0v) is 19.4. The van der Waals surface area contributed by atoms with Crippen molar-refractivity contribution in [1.29, 1.82) is 0 Å². The highest BCUT2D eigenvalue weighted by Crippen LogP contribution is 2.19. The lowest BCUT2D eigenvalue weighted by atomic mass is 10.1. The van der Waals surface area contributed by atoms with E-state index in [2.05, 4.69) is 49.5 Å². The molecule has 0 N–H and O–H groups in total. The minimum atomic E-state index is 0.155. The van der Waals surface area contributed by atoms with E-state index >= 15 is 0 Å². The van der Waals surface area contributed by atoms with E-state index in [1.165, 1.54) is 22.4 Å². The van der Waals surface area contributed by atoms with Gasteiger partial charge >= 0.3 is 0 Å². The average Bonchev–Trinajstić information content (AvgIpc) is 3.00. The number of hydrogen-bond acceptors (Lipinski definition) is 3. The van der Waals surface area contributed by atoms with E-state index in [1.807, 2.05) is 42.3 Å². The summed E-state index contributed by atoms with van der Waals surface area (Å²) in [4.78, 5) is 19.5. The number of carbonyl (C=O) groups is 1. The first-order chi connectivity index (χ1) is 14.8. The molecule has 0 spiro atoms. The highest BCUT2D eigenvalue weighted by molar-refractivity contribution is 5.76. The molecule has 0 aliphatic carbocycles. The van der Waals surface area contributed by atoms with Gasteiger partial charge in [-0.05, 0) is 61.4 Å². The topological polar surface area (TPSA) is 51.0 Å². The maximum Gasteiger partial charge on any atom is 0.223 e. The van der Waals surface area contributed by atoms with Crippen LogP contribution in [0.1, 0.15) is 53.9 Å². The molecular weight excluding hydrogens is 384 g/mol. The molecule has 0 saturated carbocycles. The van der Waals surface area contributed by atoms with Crippen LogP contribution < -0.4 is 0 Å². The van der Waals surface area contributed by atoms with Crippen LogP contribution in [-0.4, -0.2) is 25.6 Å². The summed E-state index contributed by atoms with van der Waals surface area (Å²) < 4.78 is 2.08. The molecule has 0 radical (unpaired) electrons. The standard InChI is InChI=1S/C26H34N4O/c1-19(2)16-30-22(5)25(21(4)28-30)12-13-26(31)29(17-23-10-8-14-27-15-23)18-24-11-7-6-9-20(24)3/h6-11,14-15,19H,12-13,16-18H2,1-5H3. The average molecular weight is 419 g/mol. The van der Waals surface area contributed by atoms with Crippen molar-refractivity contribution in [2.45, 2.75) is 67.1 Å². The van der Waals surface area contributed by atoms with Gasteiger partial charge in [-0.15, -0.1) is 0 Å². The van der Waals surface area contributed by atoms with E-state index in [0.29, 0.717) is 31.8 Å². The summed E-state index contributed by atoms with van der Waals surface area (Å²) in [5.74, 6) is 0.694. The third-order valence-corrected chi connectivity index (χ3v) is 5.73. The van der Waals surface area contributed by atoms with Gasteiger partial charge in [0.05, 0.1) is 5.69 Å². The van der Waals surface area contributed by atoms with Gasteiger partial charge in [-0.3, -0.25) is 14.5 Å². The molecule has 2 aromatic heterocycles. The third-order valence-electron chi connectivity index (χ3n) is 5.73. The predicted octanol–water partition coefficient (Wildman–Crippen LogP) is 5.02. The molecular formula is C26H34N4O. The lowest BCUT2D eigenvalue weighted by molar-refractivity contribution is -0.132. The molecule has 0 saturated heterocycles. The summed E-state index contributed by atoms with van der Waals surface area (Å²) in [5.41, 5.74) is 6.83. The molecule has 0 aliphatic rings. The Morgan fingerprint density at radius 2 is 1.84 bits per heavy atom. The van der Waals surface area contributed by atoms with Crippen molar-refractivity contribution < 1.29 is 4.79 Å². The second-order valence-electron chi connectivity index (χ2n) is 8.76. The number of benzene rings is 1. The maximum atomic E-state index is 13.3. The SMILES string of the molecule is Cc1ccccc1CN(Cc1cccnc1)C(=O)CCc1c(C)nn(CC(C)C)c1C. The van der Waals surface area contributed by atoms with Crippen molar-refractivity contribution in [1.82, 2.24) is 19.7 Å². The Morgan fingerprint density at radius 3 is 2.52 bits per heavy atom. The van der Waals surface area contributed by atoms with Gasteiger partial charge in [-0.2, -0.15) is 5.10 Å². The Kier molecular flexibility index (Phi) is 7.61. The fourth-order valence-corrected chi connectivity index (χ4v) is 3.95. The molecule has 1 aromatic carbocycles. The van der Waals surface area contributed by atoms with E-state index in [-0.39, 0.29) is 5.91 Å². The Balaban J connectivity index is 1.75. The highest BCUT2D eigenvalue weighted by atomic mass is 16.2. The van der Waals surface area contributed by atoms with Crippen molar-refractivity contribution in [3.05, 3.63) is 82.4 Å². The molecule has 0 atom stereocenters. The number of hydrogen-bond donors (Lipinski definition) is 0. The maximum absolute atomic E-state index is 13.3. The fourth-order valence-electron chi connectivity index (χ4n) is 3.95. The molecule has 0 aliphatic heterocycles. The third kappa shape index (κ3) is 6.03. The smallest absolute Gasteiger partial charge is 0.223 e. The molecule has 3 rings (SSSR count). The van der Waals surface area contributed by atoms with Crippen molar-refractivity contribution in [3.63, 3.8) is 0 Å². The van der Waals surface area contributed by atoms with Gasteiger partial charge in [0.1, 0.15) is 0 Å². The van der Waals surface area contributed by atoms with Crippen LogP contribution in [0.5, 0.6) is 0 Å². The Hall–Kier alpha value is -2.95. The van der Waals surface area contributed by atoms with Crippen LogP contribution in [0.25, 0.3) is 0 Å². The minimum Gasteiger partial charge on any atom is -0.334 e. The largest absolute Gasteiger partial charge is 0.334 e. The number of aromatic nitrogens is 3. The van der Waals surface area contributed by atoms with Gasteiger partial charge < -0.3 is 4.90 Å². The van der Waals surface area contributed by atoms with Crippen LogP contribution >= 0.6 is 0 Å². The number of aryl methyl sites for hydroxylation is 2. The number of amides is 1. The van der Waals surface area contributed by atoms with Gasteiger partial charge in [0, 0.05) is 44.1 Å². The molecule has 5 heteroatoms. The van der Waals surface area contributed by atoms with Crippen molar-refractivity contribution in [3.8, 4) is 0 Å². The summed E-state index contributed by atoms with van der Waals surface area (Å²) in [6.45, 7) is 12.7. The monoisotopic (exact) mass is 418 g/mol. The number of nitrogens with zero attached hydrogens (tertiary/aromatic N) is 4.